The predicted molar refractivity (Wildman–Crippen MR) is 63.8 cm³/mol. The fourth-order valence-electron chi connectivity index (χ4n) is 1.37. The fourth-order valence-corrected chi connectivity index (χ4v) is 1.37. The van der Waals surface area contributed by atoms with E-state index in [1.165, 1.54) is 0 Å². The standard InChI is InChI=1S/C12H18N2O2/c1-2-16-12(15)11(14)8-5-9-3-6-10(13)7-4-9/h3-4,6-7,11H,2,5,8,13-14H2,1H3/t11-/m0/s1. The van der Waals surface area contributed by atoms with E-state index < -0.39 is 6.04 Å². The molecule has 0 amide bonds. The molecule has 0 fully saturated rings. The lowest BCUT2D eigenvalue weighted by Gasteiger charge is -2.10. The number of ether oxygens (including phenoxy) is 1. The van der Waals surface area contributed by atoms with Gasteiger partial charge in [0.2, 0.25) is 0 Å². The van der Waals surface area contributed by atoms with Gasteiger partial charge in [-0.15, -0.1) is 0 Å². The maximum absolute atomic E-state index is 11.3. The van der Waals surface area contributed by atoms with Crippen LogP contribution in [-0.2, 0) is 16.0 Å². The molecule has 1 aromatic rings. The summed E-state index contributed by atoms with van der Waals surface area (Å²) in [7, 11) is 0. The Labute approximate surface area is 95.6 Å². The number of carbonyl (C=O) groups is 1. The highest BCUT2D eigenvalue weighted by atomic mass is 16.5. The van der Waals surface area contributed by atoms with Crippen LogP contribution in [0.5, 0.6) is 0 Å². The number of nitrogens with two attached hydrogens (primary N) is 2. The molecular weight excluding hydrogens is 204 g/mol. The zero-order chi connectivity index (χ0) is 12.0. The number of hydrogen-bond donors (Lipinski definition) is 2. The van der Waals surface area contributed by atoms with Crippen molar-refractivity contribution in [3.8, 4) is 0 Å². The molecule has 0 aliphatic heterocycles. The van der Waals surface area contributed by atoms with Gasteiger partial charge in [-0.1, -0.05) is 12.1 Å². The van der Waals surface area contributed by atoms with Crippen molar-refractivity contribution in [1.82, 2.24) is 0 Å². The van der Waals surface area contributed by atoms with Crippen LogP contribution in [0.15, 0.2) is 24.3 Å². The largest absolute Gasteiger partial charge is 0.465 e. The number of esters is 1. The van der Waals surface area contributed by atoms with Gasteiger partial charge in [-0.3, -0.25) is 4.79 Å². The maximum atomic E-state index is 11.3. The molecule has 0 saturated heterocycles. The van der Waals surface area contributed by atoms with Crippen LogP contribution in [0.2, 0.25) is 0 Å². The first-order valence-electron chi connectivity index (χ1n) is 5.40. The average Bonchev–Trinajstić information content (AvgIpc) is 2.28. The maximum Gasteiger partial charge on any atom is 0.322 e. The highest BCUT2D eigenvalue weighted by molar-refractivity contribution is 5.75. The third-order valence-corrected chi connectivity index (χ3v) is 2.31. The van der Waals surface area contributed by atoms with Gasteiger partial charge in [0, 0.05) is 5.69 Å². The quantitative estimate of drug-likeness (QED) is 0.577. The van der Waals surface area contributed by atoms with Crippen molar-refractivity contribution in [2.75, 3.05) is 12.3 Å². The summed E-state index contributed by atoms with van der Waals surface area (Å²) >= 11 is 0. The molecule has 4 nitrogen and oxygen atoms in total. The van der Waals surface area contributed by atoms with Crippen LogP contribution in [0.25, 0.3) is 0 Å². The van der Waals surface area contributed by atoms with E-state index in [0.717, 1.165) is 17.7 Å². The van der Waals surface area contributed by atoms with Gasteiger partial charge in [0.25, 0.3) is 0 Å². The van der Waals surface area contributed by atoms with Gasteiger partial charge < -0.3 is 16.2 Å². The smallest absolute Gasteiger partial charge is 0.322 e. The number of aryl methyl sites for hydroxylation is 1. The topological polar surface area (TPSA) is 78.3 Å². The van der Waals surface area contributed by atoms with Gasteiger partial charge in [-0.05, 0) is 37.5 Å². The highest BCUT2D eigenvalue weighted by Crippen LogP contribution is 2.08. The van der Waals surface area contributed by atoms with Crippen molar-refractivity contribution >= 4 is 11.7 Å². The molecule has 1 rings (SSSR count). The van der Waals surface area contributed by atoms with E-state index in [9.17, 15) is 4.79 Å². The number of benzene rings is 1. The summed E-state index contributed by atoms with van der Waals surface area (Å²) in [5, 5.41) is 0. The Bertz CT molecular complexity index is 335. The number of anilines is 1. The summed E-state index contributed by atoms with van der Waals surface area (Å²) in [6.45, 7) is 2.14. The first-order valence-corrected chi connectivity index (χ1v) is 5.40. The van der Waals surface area contributed by atoms with Crippen LogP contribution in [0.3, 0.4) is 0 Å². The van der Waals surface area contributed by atoms with Gasteiger partial charge in [0.1, 0.15) is 6.04 Å². The molecule has 0 saturated carbocycles. The third-order valence-electron chi connectivity index (χ3n) is 2.31. The molecule has 0 radical (unpaired) electrons. The molecule has 88 valence electrons. The van der Waals surface area contributed by atoms with Crippen LogP contribution < -0.4 is 11.5 Å². The Morgan fingerprint density at radius 1 is 1.38 bits per heavy atom. The SMILES string of the molecule is CCOC(=O)[C@@H](N)CCc1ccc(N)cc1. The van der Waals surface area contributed by atoms with Crippen molar-refractivity contribution in [3.05, 3.63) is 29.8 Å². The Balaban J connectivity index is 2.39. The molecule has 0 unspecified atom stereocenters. The van der Waals surface area contributed by atoms with E-state index in [-0.39, 0.29) is 5.97 Å². The molecule has 1 aromatic carbocycles. The first kappa shape index (κ1) is 12.5. The zero-order valence-corrected chi connectivity index (χ0v) is 9.48. The number of carbonyl (C=O) groups excluding carboxylic acids is 1. The third kappa shape index (κ3) is 3.90. The van der Waals surface area contributed by atoms with Crippen molar-refractivity contribution in [1.29, 1.82) is 0 Å². The van der Waals surface area contributed by atoms with Crippen molar-refractivity contribution in [3.63, 3.8) is 0 Å². The molecule has 0 bridgehead atoms. The molecule has 0 heterocycles. The Kier molecular flexibility index (Phi) is 4.79. The monoisotopic (exact) mass is 222 g/mol. The number of rotatable bonds is 5. The van der Waals surface area contributed by atoms with Crippen LogP contribution in [0.1, 0.15) is 18.9 Å². The van der Waals surface area contributed by atoms with E-state index >= 15 is 0 Å². The van der Waals surface area contributed by atoms with E-state index in [1.807, 2.05) is 24.3 Å². The highest BCUT2D eigenvalue weighted by Gasteiger charge is 2.13. The number of nitrogen functional groups attached to an aromatic ring is 1. The molecule has 4 heteroatoms. The van der Waals surface area contributed by atoms with Gasteiger partial charge in [-0.2, -0.15) is 0 Å². The van der Waals surface area contributed by atoms with Gasteiger partial charge in [0.15, 0.2) is 0 Å². The molecule has 0 aromatic heterocycles. The van der Waals surface area contributed by atoms with Crippen LogP contribution in [0, 0.1) is 0 Å². The second kappa shape index (κ2) is 6.12. The van der Waals surface area contributed by atoms with Crippen molar-refractivity contribution in [2.45, 2.75) is 25.8 Å². The molecule has 1 atom stereocenters. The lowest BCUT2D eigenvalue weighted by Crippen LogP contribution is -2.32. The first-order chi connectivity index (χ1) is 7.63. The Morgan fingerprint density at radius 2 is 2.00 bits per heavy atom. The zero-order valence-electron chi connectivity index (χ0n) is 9.48. The van der Waals surface area contributed by atoms with E-state index in [4.69, 9.17) is 16.2 Å². The van der Waals surface area contributed by atoms with Crippen molar-refractivity contribution < 1.29 is 9.53 Å². The second-order valence-corrected chi connectivity index (χ2v) is 3.64. The summed E-state index contributed by atoms with van der Waals surface area (Å²) in [5.74, 6) is -0.335. The summed E-state index contributed by atoms with van der Waals surface area (Å²) in [6.07, 6.45) is 1.34. The lowest BCUT2D eigenvalue weighted by atomic mass is 10.1. The summed E-state index contributed by atoms with van der Waals surface area (Å²) in [6, 6.07) is 7.01. The van der Waals surface area contributed by atoms with Crippen LogP contribution in [0.4, 0.5) is 5.69 Å². The average molecular weight is 222 g/mol. The normalized spacial score (nSPS) is 12.1. The van der Waals surface area contributed by atoms with Crippen molar-refractivity contribution in [2.24, 2.45) is 5.73 Å². The predicted octanol–water partition coefficient (Wildman–Crippen LogP) is 1.09. The molecule has 0 spiro atoms. The van der Waals surface area contributed by atoms with E-state index in [1.54, 1.807) is 6.92 Å². The lowest BCUT2D eigenvalue weighted by molar-refractivity contribution is -0.144. The molecule has 4 N–H and O–H groups in total. The van der Waals surface area contributed by atoms with Crippen LogP contribution >= 0.6 is 0 Å². The summed E-state index contributed by atoms with van der Waals surface area (Å²) < 4.78 is 4.83. The van der Waals surface area contributed by atoms with E-state index in [2.05, 4.69) is 0 Å². The Hall–Kier alpha value is -1.55. The minimum Gasteiger partial charge on any atom is -0.465 e. The van der Waals surface area contributed by atoms with Gasteiger partial charge in [0.05, 0.1) is 6.61 Å². The Morgan fingerprint density at radius 3 is 2.56 bits per heavy atom. The summed E-state index contributed by atoms with van der Waals surface area (Å²) in [4.78, 5) is 11.3. The summed E-state index contributed by atoms with van der Waals surface area (Å²) in [5.41, 5.74) is 13.1. The minimum absolute atomic E-state index is 0.335. The second-order valence-electron chi connectivity index (χ2n) is 3.64. The number of hydrogen-bond acceptors (Lipinski definition) is 4. The van der Waals surface area contributed by atoms with E-state index in [0.29, 0.717) is 13.0 Å². The fraction of sp³-hybridized carbons (Fsp3) is 0.417. The van der Waals surface area contributed by atoms with Gasteiger partial charge >= 0.3 is 5.97 Å². The molecular formula is C12H18N2O2. The van der Waals surface area contributed by atoms with Crippen LogP contribution in [-0.4, -0.2) is 18.6 Å². The molecule has 0 aliphatic rings. The van der Waals surface area contributed by atoms with Gasteiger partial charge in [-0.25, -0.2) is 0 Å². The molecule has 16 heavy (non-hydrogen) atoms. The minimum atomic E-state index is -0.544. The molecule has 0 aliphatic carbocycles.